The third-order valence-corrected chi connectivity index (χ3v) is 5.56. The van der Waals surface area contributed by atoms with Gasteiger partial charge in [-0.1, -0.05) is 13.8 Å². The predicted octanol–water partition coefficient (Wildman–Crippen LogP) is 1.11. The normalized spacial score (nSPS) is 18.2. The molecule has 120 valence electrons. The first-order valence-electron chi connectivity index (χ1n) is 6.90. The predicted molar refractivity (Wildman–Crippen MR) is 83.7 cm³/mol. The molecule has 1 amide bonds. The Morgan fingerprint density at radius 2 is 1.95 bits per heavy atom. The molecule has 0 saturated heterocycles. The smallest absolute Gasteiger partial charge is 0.221 e. The van der Waals surface area contributed by atoms with E-state index in [1.54, 1.807) is 0 Å². The SMILES string of the molecule is CC(C)CS(=O)(=O)CCC(=O)NC(C)(CN)C1CC1.Cl. The van der Waals surface area contributed by atoms with Crippen LogP contribution in [0.4, 0.5) is 0 Å². The van der Waals surface area contributed by atoms with Gasteiger partial charge < -0.3 is 11.1 Å². The van der Waals surface area contributed by atoms with Crippen LogP contribution in [0.2, 0.25) is 0 Å². The van der Waals surface area contributed by atoms with Crippen molar-refractivity contribution in [2.45, 2.75) is 45.6 Å². The number of nitrogens with two attached hydrogens (primary N) is 1. The molecule has 0 aromatic carbocycles. The third kappa shape index (κ3) is 6.41. The van der Waals surface area contributed by atoms with Gasteiger partial charge in [-0.05, 0) is 31.6 Å². The maximum atomic E-state index is 11.9. The first-order valence-corrected chi connectivity index (χ1v) is 8.72. The number of carbonyl (C=O) groups is 1. The number of carbonyl (C=O) groups excluding carboxylic acids is 1. The number of sulfone groups is 1. The van der Waals surface area contributed by atoms with Crippen molar-refractivity contribution in [2.75, 3.05) is 18.1 Å². The van der Waals surface area contributed by atoms with Crippen LogP contribution in [0.15, 0.2) is 0 Å². The Morgan fingerprint density at radius 3 is 2.35 bits per heavy atom. The van der Waals surface area contributed by atoms with Gasteiger partial charge in [0.2, 0.25) is 5.91 Å². The zero-order valence-electron chi connectivity index (χ0n) is 12.5. The summed E-state index contributed by atoms with van der Waals surface area (Å²) < 4.78 is 23.4. The number of amides is 1. The van der Waals surface area contributed by atoms with E-state index in [2.05, 4.69) is 5.32 Å². The summed E-state index contributed by atoms with van der Waals surface area (Å²) in [4.78, 5) is 11.9. The molecule has 1 aliphatic rings. The van der Waals surface area contributed by atoms with Gasteiger partial charge in [0.1, 0.15) is 0 Å². The Hall–Kier alpha value is -0.330. The highest BCUT2D eigenvalue weighted by molar-refractivity contribution is 7.91. The highest BCUT2D eigenvalue weighted by atomic mass is 35.5. The Bertz CT molecular complexity index is 421. The van der Waals surface area contributed by atoms with E-state index in [0.717, 1.165) is 12.8 Å². The lowest BCUT2D eigenvalue weighted by molar-refractivity contribution is -0.122. The van der Waals surface area contributed by atoms with Crippen LogP contribution in [0.5, 0.6) is 0 Å². The van der Waals surface area contributed by atoms with E-state index in [1.165, 1.54) is 0 Å². The van der Waals surface area contributed by atoms with Crippen molar-refractivity contribution in [3.63, 3.8) is 0 Å². The van der Waals surface area contributed by atoms with Crippen molar-refractivity contribution in [3.05, 3.63) is 0 Å². The molecular formula is C13H27ClN2O3S. The summed E-state index contributed by atoms with van der Waals surface area (Å²) in [6.45, 7) is 6.04. The zero-order valence-corrected chi connectivity index (χ0v) is 14.1. The molecule has 1 atom stereocenters. The lowest BCUT2D eigenvalue weighted by Crippen LogP contribution is -2.53. The molecule has 0 aromatic rings. The summed E-state index contributed by atoms with van der Waals surface area (Å²) in [7, 11) is -3.13. The largest absolute Gasteiger partial charge is 0.349 e. The monoisotopic (exact) mass is 326 g/mol. The number of nitrogens with one attached hydrogen (secondary N) is 1. The number of halogens is 1. The standard InChI is InChI=1S/C13H26N2O3S.ClH/c1-10(2)8-19(17,18)7-6-12(16)15-13(3,9-14)11-4-5-11;/h10-11H,4-9,14H2,1-3H3,(H,15,16);1H. The van der Waals surface area contributed by atoms with Gasteiger partial charge in [0.15, 0.2) is 9.84 Å². The van der Waals surface area contributed by atoms with Gasteiger partial charge in [-0.3, -0.25) is 4.79 Å². The summed E-state index contributed by atoms with van der Waals surface area (Å²) in [5.74, 6) is 0.370. The molecule has 0 bridgehead atoms. The van der Waals surface area contributed by atoms with Crippen LogP contribution in [0.3, 0.4) is 0 Å². The topological polar surface area (TPSA) is 89.3 Å². The molecule has 3 N–H and O–H groups in total. The Labute approximate surface area is 128 Å². The van der Waals surface area contributed by atoms with Crippen LogP contribution in [-0.2, 0) is 14.6 Å². The second kappa shape index (κ2) is 7.61. The van der Waals surface area contributed by atoms with E-state index in [1.807, 2.05) is 20.8 Å². The van der Waals surface area contributed by atoms with E-state index in [9.17, 15) is 13.2 Å². The first kappa shape index (κ1) is 19.7. The molecule has 1 unspecified atom stereocenters. The maximum absolute atomic E-state index is 11.9. The Morgan fingerprint density at radius 1 is 1.40 bits per heavy atom. The molecule has 1 aliphatic carbocycles. The fourth-order valence-corrected chi connectivity index (χ4v) is 3.94. The van der Waals surface area contributed by atoms with Gasteiger partial charge in [0.25, 0.3) is 0 Å². The fourth-order valence-electron chi connectivity index (χ4n) is 2.26. The number of hydrogen-bond acceptors (Lipinski definition) is 4. The van der Waals surface area contributed by atoms with Crippen molar-refractivity contribution < 1.29 is 13.2 Å². The summed E-state index contributed by atoms with van der Waals surface area (Å²) in [5.41, 5.74) is 5.34. The second-order valence-corrected chi connectivity index (χ2v) is 8.43. The van der Waals surface area contributed by atoms with Crippen LogP contribution in [0.25, 0.3) is 0 Å². The molecule has 1 fully saturated rings. The quantitative estimate of drug-likeness (QED) is 0.699. The molecule has 0 heterocycles. The summed E-state index contributed by atoms with van der Waals surface area (Å²) >= 11 is 0. The van der Waals surface area contributed by atoms with Crippen molar-refractivity contribution in [1.82, 2.24) is 5.32 Å². The van der Waals surface area contributed by atoms with Crippen molar-refractivity contribution >= 4 is 28.2 Å². The molecule has 0 aromatic heterocycles. The minimum Gasteiger partial charge on any atom is -0.349 e. The van der Waals surface area contributed by atoms with Crippen LogP contribution in [-0.4, -0.2) is 37.9 Å². The fraction of sp³-hybridized carbons (Fsp3) is 0.923. The Balaban J connectivity index is 0.00000361. The average Bonchev–Trinajstić information content (AvgIpc) is 3.08. The third-order valence-electron chi connectivity index (χ3n) is 3.55. The highest BCUT2D eigenvalue weighted by Gasteiger charge is 2.41. The number of rotatable bonds is 8. The summed E-state index contributed by atoms with van der Waals surface area (Å²) in [6.07, 6.45) is 2.19. The minimum absolute atomic E-state index is 0. The van der Waals surface area contributed by atoms with Crippen molar-refractivity contribution in [1.29, 1.82) is 0 Å². The Kier molecular flexibility index (Phi) is 7.49. The molecule has 0 aliphatic heterocycles. The average molecular weight is 327 g/mol. The molecule has 0 spiro atoms. The second-order valence-electron chi connectivity index (χ2n) is 6.20. The molecule has 0 radical (unpaired) electrons. The van der Waals surface area contributed by atoms with Crippen LogP contribution in [0, 0.1) is 11.8 Å². The van der Waals surface area contributed by atoms with Gasteiger partial charge >= 0.3 is 0 Å². The lowest BCUT2D eigenvalue weighted by atomic mass is 9.96. The van der Waals surface area contributed by atoms with E-state index < -0.39 is 9.84 Å². The minimum atomic E-state index is -3.13. The van der Waals surface area contributed by atoms with E-state index >= 15 is 0 Å². The lowest BCUT2D eigenvalue weighted by Gasteiger charge is -2.29. The van der Waals surface area contributed by atoms with Gasteiger partial charge in [-0.2, -0.15) is 0 Å². The van der Waals surface area contributed by atoms with Gasteiger partial charge in [0.05, 0.1) is 17.0 Å². The molecule has 1 rings (SSSR count). The van der Waals surface area contributed by atoms with Gasteiger partial charge in [-0.25, -0.2) is 8.42 Å². The summed E-state index contributed by atoms with van der Waals surface area (Å²) in [6, 6.07) is 0. The first-order chi connectivity index (χ1) is 8.68. The van der Waals surface area contributed by atoms with Gasteiger partial charge in [-0.15, -0.1) is 12.4 Å². The van der Waals surface area contributed by atoms with Crippen LogP contribution in [0.1, 0.15) is 40.0 Å². The molecule has 20 heavy (non-hydrogen) atoms. The van der Waals surface area contributed by atoms with E-state index in [0.29, 0.717) is 12.5 Å². The molecule has 7 heteroatoms. The van der Waals surface area contributed by atoms with Crippen LogP contribution >= 0.6 is 12.4 Å². The molecular weight excluding hydrogens is 300 g/mol. The van der Waals surface area contributed by atoms with Crippen molar-refractivity contribution in [3.8, 4) is 0 Å². The maximum Gasteiger partial charge on any atom is 0.221 e. The van der Waals surface area contributed by atoms with E-state index in [4.69, 9.17) is 5.73 Å². The van der Waals surface area contributed by atoms with Crippen molar-refractivity contribution in [2.24, 2.45) is 17.6 Å². The van der Waals surface area contributed by atoms with Gasteiger partial charge in [0, 0.05) is 13.0 Å². The van der Waals surface area contributed by atoms with Crippen LogP contribution < -0.4 is 11.1 Å². The van der Waals surface area contributed by atoms with E-state index in [-0.39, 0.29) is 47.7 Å². The zero-order chi connectivity index (χ0) is 14.7. The number of hydrogen-bond donors (Lipinski definition) is 2. The molecule has 5 nitrogen and oxygen atoms in total. The molecule has 1 saturated carbocycles. The highest BCUT2D eigenvalue weighted by Crippen LogP contribution is 2.38. The summed E-state index contributed by atoms with van der Waals surface area (Å²) in [5, 5.41) is 2.90.